The second kappa shape index (κ2) is 14.5. The lowest BCUT2D eigenvalue weighted by atomic mass is 10.0. The highest BCUT2D eigenvalue weighted by Gasteiger charge is 2.39. The second-order valence-electron chi connectivity index (χ2n) is 13.4. The van der Waals surface area contributed by atoms with Gasteiger partial charge in [-0.25, -0.2) is 24.5 Å². The zero-order chi connectivity index (χ0) is 35.7. The Morgan fingerprint density at radius 3 is 1.78 bits per heavy atom. The molecule has 4 atom stereocenters. The first-order valence-electron chi connectivity index (χ1n) is 16.9. The van der Waals surface area contributed by atoms with Crippen molar-refractivity contribution < 1.29 is 28.7 Å². The standard InChI is InChI=1S/C33H44N10O6S/c1-17(2)25(39-32(46)48-5)29(44)42-11-7-9-22(42)27-34-13-19(36-27)21-15-41-16-24(50-31(41)38-21)20-14-35-28(37-20)23-10-8-12-43(23)30(45)26(18(3)4)40-33(47)49-6/h13-18,22-23,25-26H,7-12H2,1-6H3,(H,34,36)(H,35,37)(H,39,46)(H,40,47)/t22-,23?,25-,26-/m0/s1. The van der Waals surface area contributed by atoms with E-state index in [0.717, 1.165) is 52.6 Å². The maximum atomic E-state index is 13.5. The summed E-state index contributed by atoms with van der Waals surface area (Å²) in [5, 5.41) is 5.36. The van der Waals surface area contributed by atoms with E-state index < -0.39 is 24.3 Å². The first-order chi connectivity index (χ1) is 24.0. The lowest BCUT2D eigenvalue weighted by Gasteiger charge is -2.30. The third-order valence-electron chi connectivity index (χ3n) is 9.37. The van der Waals surface area contributed by atoms with E-state index in [1.54, 1.807) is 22.2 Å². The molecule has 2 aliphatic rings. The van der Waals surface area contributed by atoms with Gasteiger partial charge in [-0.15, -0.1) is 0 Å². The van der Waals surface area contributed by atoms with E-state index in [9.17, 15) is 19.2 Å². The molecule has 0 saturated carbocycles. The SMILES string of the molecule is COC(=O)N[C@H](C(=O)N1CCCC1c1ncc(-c2cn3cc(-c4cnc([C@@H]5CCCN5C(=O)[C@@H](NC(=O)OC)C(C)C)[nH]4)nc3s2)[nH]1)C(C)C. The van der Waals surface area contributed by atoms with Crippen LogP contribution in [0, 0.1) is 11.8 Å². The number of nitrogens with one attached hydrogen (secondary N) is 4. The summed E-state index contributed by atoms with van der Waals surface area (Å²) in [5.74, 6) is 0.823. The van der Waals surface area contributed by atoms with Gasteiger partial charge in [0.1, 0.15) is 29.4 Å². The summed E-state index contributed by atoms with van der Waals surface area (Å²) in [6, 6.07) is -1.87. The fourth-order valence-electron chi connectivity index (χ4n) is 6.70. The molecule has 17 heteroatoms. The van der Waals surface area contributed by atoms with Crippen molar-refractivity contribution in [2.75, 3.05) is 27.3 Å². The lowest BCUT2D eigenvalue weighted by molar-refractivity contribution is -0.136. The minimum Gasteiger partial charge on any atom is -0.453 e. The molecule has 4 aromatic heterocycles. The number of H-pyrrole nitrogens is 2. The Bertz CT molecular complexity index is 1700. The lowest BCUT2D eigenvalue weighted by Crippen LogP contribution is -2.51. The van der Waals surface area contributed by atoms with E-state index in [-0.39, 0.29) is 35.7 Å². The predicted molar refractivity (Wildman–Crippen MR) is 184 cm³/mol. The van der Waals surface area contributed by atoms with Crippen molar-refractivity contribution in [3.8, 4) is 22.0 Å². The van der Waals surface area contributed by atoms with Gasteiger partial charge in [0.05, 0.1) is 55.0 Å². The summed E-state index contributed by atoms with van der Waals surface area (Å²) in [7, 11) is 2.56. The van der Waals surface area contributed by atoms with E-state index in [2.05, 4.69) is 30.6 Å². The van der Waals surface area contributed by atoms with Crippen molar-refractivity contribution in [3.05, 3.63) is 36.4 Å². The fraction of sp³-hybridized carbons (Fsp3) is 0.545. The van der Waals surface area contributed by atoms with Gasteiger partial charge in [0.2, 0.25) is 11.8 Å². The molecule has 268 valence electrons. The highest BCUT2D eigenvalue weighted by Crippen LogP contribution is 2.36. The van der Waals surface area contributed by atoms with Crippen molar-refractivity contribution >= 4 is 40.3 Å². The van der Waals surface area contributed by atoms with Crippen LogP contribution in [0.1, 0.15) is 77.1 Å². The molecule has 50 heavy (non-hydrogen) atoms. The summed E-state index contributed by atoms with van der Waals surface area (Å²) in [4.78, 5) is 77.1. The monoisotopic (exact) mass is 708 g/mol. The van der Waals surface area contributed by atoms with Crippen LogP contribution in [-0.2, 0) is 19.1 Å². The molecular weight excluding hydrogens is 664 g/mol. The Hall–Kier alpha value is -4.93. The Kier molecular flexibility index (Phi) is 10.1. The molecule has 2 fully saturated rings. The third kappa shape index (κ3) is 6.90. The van der Waals surface area contributed by atoms with Crippen LogP contribution in [0.3, 0.4) is 0 Å². The van der Waals surface area contributed by atoms with E-state index in [0.29, 0.717) is 24.7 Å². The maximum Gasteiger partial charge on any atom is 0.407 e. The number of thiazole rings is 1. The van der Waals surface area contributed by atoms with Crippen LogP contribution < -0.4 is 10.6 Å². The van der Waals surface area contributed by atoms with Gasteiger partial charge in [0.15, 0.2) is 4.96 Å². The Balaban J connectivity index is 1.15. The quantitative estimate of drug-likeness (QED) is 0.186. The van der Waals surface area contributed by atoms with Crippen LogP contribution in [0.5, 0.6) is 0 Å². The summed E-state index contributed by atoms with van der Waals surface area (Å²) in [5.41, 5.74) is 2.28. The van der Waals surface area contributed by atoms with E-state index in [1.807, 2.05) is 44.5 Å². The van der Waals surface area contributed by atoms with E-state index >= 15 is 0 Å². The number of amides is 4. The predicted octanol–water partition coefficient (Wildman–Crippen LogP) is 4.26. The number of alkyl carbamates (subject to hydrolysis) is 2. The average molecular weight is 709 g/mol. The molecule has 4 aromatic rings. The smallest absolute Gasteiger partial charge is 0.407 e. The van der Waals surface area contributed by atoms with Gasteiger partial charge in [-0.1, -0.05) is 39.0 Å². The number of rotatable bonds is 10. The van der Waals surface area contributed by atoms with Crippen molar-refractivity contribution in [3.63, 3.8) is 0 Å². The molecule has 1 unspecified atom stereocenters. The number of carbonyl (C=O) groups excluding carboxylic acids is 4. The molecule has 0 aromatic carbocycles. The molecule has 0 aliphatic carbocycles. The second-order valence-corrected chi connectivity index (χ2v) is 14.4. The third-order valence-corrected chi connectivity index (χ3v) is 10.4. The van der Waals surface area contributed by atoms with Crippen LogP contribution in [0.4, 0.5) is 9.59 Å². The number of aromatic nitrogens is 6. The van der Waals surface area contributed by atoms with Crippen LogP contribution >= 0.6 is 11.3 Å². The van der Waals surface area contributed by atoms with E-state index in [4.69, 9.17) is 14.5 Å². The van der Waals surface area contributed by atoms with Gasteiger partial charge in [-0.2, -0.15) is 0 Å². The van der Waals surface area contributed by atoms with Gasteiger partial charge in [0, 0.05) is 25.5 Å². The molecule has 0 bridgehead atoms. The highest BCUT2D eigenvalue weighted by molar-refractivity contribution is 7.20. The number of likely N-dealkylation sites (tertiary alicyclic amines) is 2. The molecule has 6 heterocycles. The van der Waals surface area contributed by atoms with Gasteiger partial charge >= 0.3 is 12.2 Å². The number of nitrogens with zero attached hydrogens (tertiary/aromatic N) is 6. The minimum atomic E-state index is -0.704. The van der Waals surface area contributed by atoms with Gasteiger partial charge in [-0.3, -0.25) is 14.0 Å². The zero-order valence-electron chi connectivity index (χ0n) is 29.1. The number of fused-ring (bicyclic) bond motifs is 1. The minimum absolute atomic E-state index is 0.114. The first kappa shape index (κ1) is 34.9. The molecule has 6 rings (SSSR count). The fourth-order valence-corrected chi connectivity index (χ4v) is 7.63. The normalized spacial score (nSPS) is 19.0. The molecule has 2 aliphatic heterocycles. The average Bonchev–Trinajstić information content (AvgIpc) is 3.93. The van der Waals surface area contributed by atoms with Crippen LogP contribution in [0.25, 0.3) is 26.9 Å². The molecular formula is C33H44N10O6S. The largest absolute Gasteiger partial charge is 0.453 e. The number of imidazole rings is 3. The van der Waals surface area contributed by atoms with Crippen molar-refractivity contribution in [1.82, 2.24) is 49.8 Å². The number of carbonyl (C=O) groups is 4. The van der Waals surface area contributed by atoms with Crippen LogP contribution in [0.2, 0.25) is 0 Å². The molecule has 2 saturated heterocycles. The summed E-state index contributed by atoms with van der Waals surface area (Å²) < 4.78 is 11.4. The topological polar surface area (TPSA) is 192 Å². The van der Waals surface area contributed by atoms with Crippen LogP contribution in [-0.4, -0.2) is 103 Å². The molecule has 16 nitrogen and oxygen atoms in total. The van der Waals surface area contributed by atoms with E-state index in [1.165, 1.54) is 25.6 Å². The first-order valence-corrected chi connectivity index (χ1v) is 17.7. The number of ether oxygens (including phenoxy) is 2. The number of methoxy groups -OCH3 is 2. The molecule has 0 radical (unpaired) electrons. The summed E-state index contributed by atoms with van der Waals surface area (Å²) >= 11 is 1.50. The number of aromatic amines is 2. The Labute approximate surface area is 293 Å². The molecule has 4 amide bonds. The highest BCUT2D eigenvalue weighted by atomic mass is 32.1. The van der Waals surface area contributed by atoms with Crippen molar-refractivity contribution in [2.45, 2.75) is 77.5 Å². The number of hydrogen-bond acceptors (Lipinski definition) is 10. The molecule has 0 spiro atoms. The summed E-state index contributed by atoms with van der Waals surface area (Å²) in [6.07, 6.45) is 9.32. The van der Waals surface area contributed by atoms with Crippen LogP contribution in [0.15, 0.2) is 24.8 Å². The molecule has 4 N–H and O–H groups in total. The van der Waals surface area contributed by atoms with Crippen molar-refractivity contribution in [1.29, 1.82) is 0 Å². The zero-order valence-corrected chi connectivity index (χ0v) is 29.9. The Morgan fingerprint density at radius 1 is 0.800 bits per heavy atom. The number of hydrogen-bond donors (Lipinski definition) is 4. The van der Waals surface area contributed by atoms with Crippen molar-refractivity contribution in [2.24, 2.45) is 11.8 Å². The van der Waals surface area contributed by atoms with Gasteiger partial charge in [-0.05, 0) is 37.5 Å². The Morgan fingerprint density at radius 2 is 1.30 bits per heavy atom. The summed E-state index contributed by atoms with van der Waals surface area (Å²) in [6.45, 7) is 8.71. The maximum absolute atomic E-state index is 13.5. The van der Waals surface area contributed by atoms with Gasteiger partial charge < -0.3 is 39.9 Å². The van der Waals surface area contributed by atoms with Gasteiger partial charge in [0.25, 0.3) is 0 Å².